The third kappa shape index (κ3) is 7.27. The number of ether oxygens (including phenoxy) is 4. The lowest BCUT2D eigenvalue weighted by atomic mass is 9.47. The molecule has 14 unspecified atom stereocenters. The molecule has 12 heteroatoms. The number of hydrogen-bond donors (Lipinski definition) is 8. The molecule has 0 aromatic heterocycles. The lowest BCUT2D eigenvalue weighted by Crippen LogP contribution is -2.60. The number of rotatable bonds is 11. The summed E-state index contributed by atoms with van der Waals surface area (Å²) >= 11 is 0. The van der Waals surface area contributed by atoms with E-state index in [1.165, 1.54) is 5.57 Å². The maximum atomic E-state index is 10.5. The van der Waals surface area contributed by atoms with Gasteiger partial charge in [0.1, 0.15) is 48.8 Å². The fraction of sp³-hybridized carbons (Fsp3) is 0.875. The summed E-state index contributed by atoms with van der Waals surface area (Å²) < 4.78 is 22.8. The number of aliphatic hydroxyl groups excluding tert-OH is 8. The molecule has 254 valence electrons. The van der Waals surface area contributed by atoms with Crippen molar-refractivity contribution in [3.05, 3.63) is 23.8 Å². The van der Waals surface area contributed by atoms with E-state index in [0.717, 1.165) is 50.5 Å². The van der Waals surface area contributed by atoms with Crippen LogP contribution in [0.4, 0.5) is 0 Å². The van der Waals surface area contributed by atoms with Gasteiger partial charge in [0.25, 0.3) is 0 Å². The average Bonchev–Trinajstić information content (AvgIpc) is 2.99. The van der Waals surface area contributed by atoms with Crippen molar-refractivity contribution in [1.82, 2.24) is 0 Å². The van der Waals surface area contributed by atoms with Gasteiger partial charge in [-0.3, -0.25) is 0 Å². The highest BCUT2D eigenvalue weighted by atomic mass is 16.7. The van der Waals surface area contributed by atoms with Crippen molar-refractivity contribution in [3.63, 3.8) is 0 Å². The molecule has 2 aliphatic carbocycles. The van der Waals surface area contributed by atoms with Crippen LogP contribution < -0.4 is 0 Å². The molecule has 4 rings (SSSR count). The van der Waals surface area contributed by atoms with E-state index in [0.29, 0.717) is 12.5 Å². The fourth-order valence-corrected chi connectivity index (χ4v) is 8.23. The molecule has 4 fully saturated rings. The predicted octanol–water partition coefficient (Wildman–Crippen LogP) is 0.125. The van der Waals surface area contributed by atoms with Gasteiger partial charge in [-0.05, 0) is 68.1 Å². The highest BCUT2D eigenvalue weighted by Crippen LogP contribution is 2.62. The Morgan fingerprint density at radius 1 is 0.864 bits per heavy atom. The minimum atomic E-state index is -1.48. The number of fused-ring (bicyclic) bond motifs is 1. The smallest absolute Gasteiger partial charge is 0.187 e. The maximum Gasteiger partial charge on any atom is 0.187 e. The minimum absolute atomic E-state index is 0.0197. The van der Waals surface area contributed by atoms with Crippen LogP contribution in [-0.2, 0) is 18.9 Å². The van der Waals surface area contributed by atoms with Crippen LogP contribution in [-0.4, -0.2) is 129 Å². The van der Waals surface area contributed by atoms with Crippen molar-refractivity contribution in [2.45, 2.75) is 127 Å². The van der Waals surface area contributed by atoms with Crippen molar-refractivity contribution < 1.29 is 59.8 Å². The molecule has 8 N–H and O–H groups in total. The number of aliphatic hydroxyl groups is 8. The first kappa shape index (κ1) is 35.8. The van der Waals surface area contributed by atoms with E-state index in [4.69, 9.17) is 18.9 Å². The lowest BCUT2D eigenvalue weighted by molar-refractivity contribution is -0.309. The molecular formula is C32H54O12. The molecule has 2 saturated heterocycles. The molecule has 0 radical (unpaired) electrons. The Labute approximate surface area is 259 Å². The summed E-state index contributed by atoms with van der Waals surface area (Å²) in [6, 6.07) is 0. The van der Waals surface area contributed by atoms with E-state index in [-0.39, 0.29) is 23.4 Å². The van der Waals surface area contributed by atoms with Gasteiger partial charge in [-0.15, -0.1) is 0 Å². The molecule has 14 atom stereocenters. The Balaban J connectivity index is 1.36. The standard InChI is InChI=1S/C32H54O12/c1-17(10-13-41-29-27(39)25(37)23(35)20(14-33)43-29)6-8-19-18(2)7-9-22-31(3,11-5-12-32(19,22)4)16-42-30-28(40)26(38)24(36)21(15-34)44-30/h10,19-30,33-40H,2,5-9,11-16H2,1,3-4H3/b17-10-. The van der Waals surface area contributed by atoms with Crippen LogP contribution in [0.1, 0.15) is 65.7 Å². The van der Waals surface area contributed by atoms with Crippen molar-refractivity contribution in [3.8, 4) is 0 Å². The second-order valence-corrected chi connectivity index (χ2v) is 13.9. The van der Waals surface area contributed by atoms with Gasteiger partial charge < -0.3 is 59.8 Å². The summed E-state index contributed by atoms with van der Waals surface area (Å²) in [6.07, 6.45) is -4.51. The zero-order valence-electron chi connectivity index (χ0n) is 26.2. The summed E-state index contributed by atoms with van der Waals surface area (Å²) in [6.45, 7) is 10.5. The largest absolute Gasteiger partial charge is 0.394 e. The average molecular weight is 631 g/mol. The first-order chi connectivity index (χ1) is 20.8. The molecule has 0 spiro atoms. The summed E-state index contributed by atoms with van der Waals surface area (Å²) in [5, 5.41) is 79.9. The topological polar surface area (TPSA) is 199 Å². The van der Waals surface area contributed by atoms with Gasteiger partial charge >= 0.3 is 0 Å². The van der Waals surface area contributed by atoms with E-state index in [9.17, 15) is 40.9 Å². The Kier molecular flexibility index (Phi) is 12.1. The van der Waals surface area contributed by atoms with Crippen LogP contribution in [0, 0.1) is 22.7 Å². The Hall–Kier alpha value is -1.00. The van der Waals surface area contributed by atoms with Crippen LogP contribution in [0.3, 0.4) is 0 Å². The van der Waals surface area contributed by atoms with Crippen LogP contribution >= 0.6 is 0 Å². The first-order valence-corrected chi connectivity index (χ1v) is 15.9. The highest BCUT2D eigenvalue weighted by Gasteiger charge is 2.55. The van der Waals surface area contributed by atoms with Gasteiger partial charge in [0.2, 0.25) is 0 Å². The summed E-state index contributed by atoms with van der Waals surface area (Å²) in [7, 11) is 0. The lowest BCUT2D eigenvalue weighted by Gasteiger charge is -2.59. The zero-order chi connectivity index (χ0) is 32.4. The molecule has 12 nitrogen and oxygen atoms in total. The van der Waals surface area contributed by atoms with Crippen LogP contribution in [0.15, 0.2) is 23.8 Å². The normalized spacial score (nSPS) is 47.0. The van der Waals surface area contributed by atoms with Crippen LogP contribution in [0.5, 0.6) is 0 Å². The van der Waals surface area contributed by atoms with E-state index in [2.05, 4.69) is 20.4 Å². The third-order valence-corrected chi connectivity index (χ3v) is 10.9. The molecule has 2 saturated carbocycles. The molecule has 0 bridgehead atoms. The summed E-state index contributed by atoms with van der Waals surface area (Å²) in [4.78, 5) is 0. The van der Waals surface area contributed by atoms with Gasteiger partial charge in [0.15, 0.2) is 12.6 Å². The van der Waals surface area contributed by atoms with Gasteiger partial charge in [-0.25, -0.2) is 0 Å². The third-order valence-electron chi connectivity index (χ3n) is 10.9. The van der Waals surface area contributed by atoms with Crippen molar-refractivity contribution in [1.29, 1.82) is 0 Å². The van der Waals surface area contributed by atoms with Crippen LogP contribution in [0.2, 0.25) is 0 Å². The molecule has 44 heavy (non-hydrogen) atoms. The van der Waals surface area contributed by atoms with E-state index < -0.39 is 74.6 Å². The maximum absolute atomic E-state index is 10.5. The molecule has 2 heterocycles. The zero-order valence-corrected chi connectivity index (χ0v) is 26.2. The quantitative estimate of drug-likeness (QED) is 0.144. The summed E-state index contributed by atoms with van der Waals surface area (Å²) in [5.41, 5.74) is 2.11. The molecule has 0 aromatic rings. The second kappa shape index (κ2) is 14.8. The molecule has 0 aromatic carbocycles. The molecule has 2 aliphatic heterocycles. The molecular weight excluding hydrogens is 576 g/mol. The fourth-order valence-electron chi connectivity index (χ4n) is 8.23. The van der Waals surface area contributed by atoms with Gasteiger partial charge in [0.05, 0.1) is 26.4 Å². The Morgan fingerprint density at radius 2 is 1.43 bits per heavy atom. The van der Waals surface area contributed by atoms with E-state index in [1.54, 1.807) is 0 Å². The van der Waals surface area contributed by atoms with Gasteiger partial charge in [-0.1, -0.05) is 44.1 Å². The highest BCUT2D eigenvalue weighted by molar-refractivity contribution is 5.17. The van der Waals surface area contributed by atoms with Gasteiger partial charge in [0, 0.05) is 0 Å². The van der Waals surface area contributed by atoms with Gasteiger partial charge in [-0.2, -0.15) is 0 Å². The SMILES string of the molecule is C=C1CCC2C(C)(COC3OC(CO)C(O)C(O)C3O)CCCC2(C)C1CC/C(C)=C\COC1OC(CO)C(O)C(O)C1O. The van der Waals surface area contributed by atoms with E-state index in [1.807, 2.05) is 13.0 Å². The Morgan fingerprint density at radius 3 is 2.00 bits per heavy atom. The number of hydrogen-bond acceptors (Lipinski definition) is 12. The predicted molar refractivity (Wildman–Crippen MR) is 158 cm³/mol. The minimum Gasteiger partial charge on any atom is -0.394 e. The molecule has 4 aliphatic rings. The molecule has 0 amide bonds. The second-order valence-electron chi connectivity index (χ2n) is 13.9. The Bertz CT molecular complexity index is 988. The van der Waals surface area contributed by atoms with E-state index >= 15 is 0 Å². The van der Waals surface area contributed by atoms with Crippen molar-refractivity contribution in [2.24, 2.45) is 22.7 Å². The number of allylic oxidation sites excluding steroid dienone is 2. The van der Waals surface area contributed by atoms with Crippen molar-refractivity contribution in [2.75, 3.05) is 26.4 Å². The monoisotopic (exact) mass is 630 g/mol. The van der Waals surface area contributed by atoms with Crippen LogP contribution in [0.25, 0.3) is 0 Å². The van der Waals surface area contributed by atoms with Crippen molar-refractivity contribution >= 4 is 0 Å². The first-order valence-electron chi connectivity index (χ1n) is 15.9. The summed E-state index contributed by atoms with van der Waals surface area (Å²) in [5.74, 6) is 0.603.